The summed E-state index contributed by atoms with van der Waals surface area (Å²) in [6.07, 6.45) is 0. The van der Waals surface area contributed by atoms with Gasteiger partial charge in [-0.05, 0) is 17.7 Å². The molecule has 0 aliphatic carbocycles. The van der Waals surface area contributed by atoms with Gasteiger partial charge in [-0.25, -0.2) is 0 Å². The number of aliphatic hydroxyl groups excluding tert-OH is 1. The van der Waals surface area contributed by atoms with Crippen LogP contribution in [-0.4, -0.2) is 18.3 Å². The van der Waals surface area contributed by atoms with Crippen molar-refractivity contribution in [3.63, 3.8) is 0 Å². The summed E-state index contributed by atoms with van der Waals surface area (Å²) < 4.78 is 61.7. The summed E-state index contributed by atoms with van der Waals surface area (Å²) in [5.41, 5.74) is 0.434. The molecule has 0 atom stereocenters. The Bertz CT molecular complexity index is 387. The zero-order valence-corrected chi connectivity index (χ0v) is 9.49. The maximum atomic E-state index is 12.3. The van der Waals surface area contributed by atoms with E-state index in [2.05, 4.69) is 5.32 Å². The van der Waals surface area contributed by atoms with Gasteiger partial charge < -0.3 is 10.4 Å². The second-order valence-electron chi connectivity index (χ2n) is 3.51. The van der Waals surface area contributed by atoms with Crippen LogP contribution in [-0.2, 0) is 6.54 Å². The van der Waals surface area contributed by atoms with Crippen LogP contribution in [0, 0.1) is 0 Å². The van der Waals surface area contributed by atoms with Gasteiger partial charge in [0.25, 0.3) is 0 Å². The van der Waals surface area contributed by atoms with E-state index in [0.29, 0.717) is 17.7 Å². The molecular weight excluding hydrogens is 265 g/mol. The van der Waals surface area contributed by atoms with Crippen LogP contribution in [0.1, 0.15) is 5.56 Å². The highest BCUT2D eigenvalue weighted by molar-refractivity contribution is 8.45. The normalized spacial score (nSPS) is 16.4. The van der Waals surface area contributed by atoms with Crippen LogP contribution in [0.3, 0.4) is 0 Å². The molecule has 0 fully saturated rings. The first-order valence-corrected chi connectivity index (χ1v) is 6.63. The van der Waals surface area contributed by atoms with Crippen molar-refractivity contribution < 1.29 is 24.5 Å². The van der Waals surface area contributed by atoms with Crippen molar-refractivity contribution in [3.05, 3.63) is 29.8 Å². The second kappa shape index (κ2) is 3.82. The number of aliphatic hydroxyl groups is 1. The summed E-state index contributed by atoms with van der Waals surface area (Å²) in [6.45, 7) is 0.383. The quantitative estimate of drug-likeness (QED) is 0.638. The molecule has 0 aliphatic heterocycles. The molecule has 8 heteroatoms. The Morgan fingerprint density at radius 2 is 1.53 bits per heavy atom. The SMILES string of the molecule is OCCNCc1ccc(S(F)(F)(F)(F)F)cc1. The molecule has 0 heterocycles. The molecule has 0 saturated heterocycles. The fourth-order valence-electron chi connectivity index (χ4n) is 1.18. The molecule has 0 aliphatic rings. The summed E-state index contributed by atoms with van der Waals surface area (Å²) in [6, 6.07) is 2.71. The van der Waals surface area contributed by atoms with Gasteiger partial charge in [-0.1, -0.05) is 31.6 Å². The Balaban J connectivity index is 2.83. The molecule has 1 rings (SSSR count). The van der Waals surface area contributed by atoms with E-state index in [9.17, 15) is 19.4 Å². The lowest BCUT2D eigenvalue weighted by Gasteiger charge is -2.40. The Labute approximate surface area is 95.2 Å². The highest BCUT2D eigenvalue weighted by Gasteiger charge is 2.65. The number of nitrogens with one attached hydrogen (secondary N) is 1. The fraction of sp³-hybridized carbons (Fsp3) is 0.333. The Kier molecular flexibility index (Phi) is 3.19. The lowest BCUT2D eigenvalue weighted by atomic mass is 10.2. The Morgan fingerprint density at radius 3 is 1.94 bits per heavy atom. The minimum absolute atomic E-state index is 0.108. The third-order valence-corrected chi connectivity index (χ3v) is 3.15. The Hall–Kier alpha value is -0.860. The minimum Gasteiger partial charge on any atom is -0.395 e. The molecule has 0 saturated carbocycles. The van der Waals surface area contributed by atoms with Gasteiger partial charge in [0.05, 0.1) is 6.61 Å². The van der Waals surface area contributed by atoms with E-state index in [1.54, 1.807) is 0 Å². The van der Waals surface area contributed by atoms with Gasteiger partial charge in [-0.3, -0.25) is 0 Å². The van der Waals surface area contributed by atoms with Crippen LogP contribution in [0.2, 0.25) is 0 Å². The molecule has 2 N–H and O–H groups in total. The van der Waals surface area contributed by atoms with Gasteiger partial charge in [-0.15, -0.1) is 0 Å². The van der Waals surface area contributed by atoms with E-state index in [0.717, 1.165) is 12.1 Å². The van der Waals surface area contributed by atoms with Crippen molar-refractivity contribution in [2.24, 2.45) is 0 Å². The lowest BCUT2D eigenvalue weighted by Crippen LogP contribution is -2.17. The van der Waals surface area contributed by atoms with Crippen molar-refractivity contribution in [1.29, 1.82) is 0 Å². The van der Waals surface area contributed by atoms with Crippen LogP contribution >= 0.6 is 10.2 Å². The molecule has 0 unspecified atom stereocenters. The van der Waals surface area contributed by atoms with Crippen molar-refractivity contribution in [2.75, 3.05) is 13.2 Å². The van der Waals surface area contributed by atoms with Crippen LogP contribution in [0.15, 0.2) is 29.2 Å². The smallest absolute Gasteiger partial charge is 0.310 e. The van der Waals surface area contributed by atoms with E-state index < -0.39 is 15.1 Å². The third kappa shape index (κ3) is 4.49. The number of hydrogen-bond donors (Lipinski definition) is 2. The molecule has 0 amide bonds. The van der Waals surface area contributed by atoms with Crippen LogP contribution in [0.25, 0.3) is 0 Å². The molecule has 17 heavy (non-hydrogen) atoms. The maximum absolute atomic E-state index is 12.3. The van der Waals surface area contributed by atoms with Crippen LogP contribution in [0.4, 0.5) is 19.4 Å². The average molecular weight is 277 g/mol. The van der Waals surface area contributed by atoms with Gasteiger partial charge in [0, 0.05) is 13.1 Å². The first-order valence-electron chi connectivity index (χ1n) is 4.67. The van der Waals surface area contributed by atoms with Crippen molar-refractivity contribution in [2.45, 2.75) is 11.4 Å². The van der Waals surface area contributed by atoms with Gasteiger partial charge in [0.2, 0.25) is 0 Å². The van der Waals surface area contributed by atoms with Crippen molar-refractivity contribution >= 4 is 10.2 Å². The second-order valence-corrected chi connectivity index (χ2v) is 5.92. The predicted molar refractivity (Wildman–Crippen MR) is 56.6 cm³/mol. The zero-order valence-electron chi connectivity index (χ0n) is 8.68. The summed E-state index contributed by atoms with van der Waals surface area (Å²) in [5.74, 6) is 0. The highest BCUT2D eigenvalue weighted by Crippen LogP contribution is 3.02. The Morgan fingerprint density at radius 1 is 1.00 bits per heavy atom. The fourth-order valence-corrected chi connectivity index (χ4v) is 1.83. The zero-order chi connectivity index (χ0) is 13.2. The van der Waals surface area contributed by atoms with Crippen molar-refractivity contribution in [3.8, 4) is 0 Å². The minimum atomic E-state index is -9.56. The molecule has 0 radical (unpaired) electrons. The molecule has 0 aromatic heterocycles. The van der Waals surface area contributed by atoms with Crippen LogP contribution < -0.4 is 5.32 Å². The van der Waals surface area contributed by atoms with Crippen LogP contribution in [0.5, 0.6) is 0 Å². The highest BCUT2D eigenvalue weighted by atomic mass is 32.5. The first-order chi connectivity index (χ1) is 7.53. The van der Waals surface area contributed by atoms with E-state index in [1.165, 1.54) is 0 Å². The maximum Gasteiger partial charge on any atom is 0.310 e. The predicted octanol–water partition coefficient (Wildman–Crippen LogP) is 3.43. The van der Waals surface area contributed by atoms with Gasteiger partial charge in [0.15, 0.2) is 0 Å². The number of rotatable bonds is 5. The number of benzene rings is 1. The summed E-state index contributed by atoms with van der Waals surface area (Å²) in [4.78, 5) is -1.89. The van der Waals surface area contributed by atoms with E-state index in [4.69, 9.17) is 5.11 Å². The molecule has 0 bridgehead atoms. The molecule has 1 aromatic rings. The van der Waals surface area contributed by atoms with Crippen molar-refractivity contribution in [1.82, 2.24) is 5.32 Å². The molecule has 0 spiro atoms. The molecule has 1 aromatic carbocycles. The lowest BCUT2D eigenvalue weighted by molar-refractivity contribution is 0.292. The third-order valence-electron chi connectivity index (χ3n) is 1.99. The van der Waals surface area contributed by atoms with Gasteiger partial charge in [0.1, 0.15) is 4.90 Å². The summed E-state index contributed by atoms with van der Waals surface area (Å²) in [5, 5.41) is 11.2. The monoisotopic (exact) mass is 277 g/mol. The van der Waals surface area contributed by atoms with Gasteiger partial charge >= 0.3 is 10.2 Å². The summed E-state index contributed by atoms with van der Waals surface area (Å²) in [7, 11) is -9.56. The molecule has 2 nitrogen and oxygen atoms in total. The number of halogens is 5. The largest absolute Gasteiger partial charge is 0.395 e. The standard InChI is InChI=1S/C9H12F5NOS/c10-17(11,12,13,14)9-3-1-8(2-4-9)7-15-5-6-16/h1-4,15-16H,5-7H2. The van der Waals surface area contributed by atoms with E-state index >= 15 is 0 Å². The molecular formula is C9H12F5NOS. The van der Waals surface area contributed by atoms with E-state index in [1.807, 2.05) is 0 Å². The van der Waals surface area contributed by atoms with E-state index in [-0.39, 0.29) is 19.7 Å². The summed E-state index contributed by atoms with van der Waals surface area (Å²) >= 11 is 0. The molecule has 100 valence electrons. The average Bonchev–Trinajstić information content (AvgIpc) is 2.15. The first kappa shape index (κ1) is 14.2. The van der Waals surface area contributed by atoms with Gasteiger partial charge in [-0.2, -0.15) is 0 Å². The number of hydrogen-bond acceptors (Lipinski definition) is 2. The topological polar surface area (TPSA) is 32.3 Å².